The molecule has 0 radical (unpaired) electrons. The molecule has 0 spiro atoms. The Morgan fingerprint density at radius 2 is 1.90 bits per heavy atom. The molecule has 3 heterocycles. The fourth-order valence-electron chi connectivity index (χ4n) is 5.20. The van der Waals surface area contributed by atoms with E-state index in [-0.39, 0.29) is 11.8 Å². The van der Waals surface area contributed by atoms with Gasteiger partial charge in [-0.2, -0.15) is 0 Å². The number of benzene rings is 1. The molecule has 7 heteroatoms. The SMILES string of the molecule is Nc1nccn2c1c(-c1cc3cccc(C4CC4)c3[nH]1)nc2[C@H]1CC[C@H](C(=O)O)CC1. The zero-order chi connectivity index (χ0) is 21.1. The third-order valence-electron chi connectivity index (χ3n) is 7.01. The summed E-state index contributed by atoms with van der Waals surface area (Å²) in [5.74, 6) is 1.33. The molecule has 31 heavy (non-hydrogen) atoms. The molecule has 4 aromatic rings. The van der Waals surface area contributed by atoms with Crippen LogP contribution in [0.3, 0.4) is 0 Å². The molecule has 1 aromatic carbocycles. The van der Waals surface area contributed by atoms with Gasteiger partial charge in [-0.05, 0) is 56.1 Å². The topological polar surface area (TPSA) is 109 Å². The van der Waals surface area contributed by atoms with Crippen LogP contribution in [-0.2, 0) is 4.79 Å². The van der Waals surface area contributed by atoms with E-state index in [1.807, 2.05) is 6.20 Å². The number of carboxylic acids is 1. The first-order valence-corrected chi connectivity index (χ1v) is 11.1. The number of nitrogens with one attached hydrogen (secondary N) is 1. The van der Waals surface area contributed by atoms with Crippen LogP contribution in [0.25, 0.3) is 27.8 Å². The monoisotopic (exact) mass is 415 g/mol. The molecule has 0 atom stereocenters. The Labute approximate surface area is 179 Å². The minimum absolute atomic E-state index is 0.213. The molecule has 7 nitrogen and oxygen atoms in total. The maximum atomic E-state index is 11.4. The van der Waals surface area contributed by atoms with Crippen molar-refractivity contribution in [1.82, 2.24) is 19.4 Å². The van der Waals surface area contributed by atoms with Gasteiger partial charge in [-0.3, -0.25) is 9.20 Å². The first-order valence-electron chi connectivity index (χ1n) is 11.1. The third kappa shape index (κ3) is 2.99. The largest absolute Gasteiger partial charge is 0.481 e. The van der Waals surface area contributed by atoms with E-state index < -0.39 is 5.97 Å². The average Bonchev–Trinajstić information content (AvgIpc) is 3.40. The van der Waals surface area contributed by atoms with Gasteiger partial charge in [-0.25, -0.2) is 9.97 Å². The highest BCUT2D eigenvalue weighted by Gasteiger charge is 2.31. The molecule has 0 unspecified atom stereocenters. The smallest absolute Gasteiger partial charge is 0.306 e. The van der Waals surface area contributed by atoms with E-state index in [9.17, 15) is 9.90 Å². The Balaban J connectivity index is 1.46. The first-order chi connectivity index (χ1) is 15.1. The Bertz CT molecular complexity index is 1310. The Morgan fingerprint density at radius 3 is 2.65 bits per heavy atom. The summed E-state index contributed by atoms with van der Waals surface area (Å²) in [5.41, 5.74) is 11.5. The van der Waals surface area contributed by atoms with Crippen molar-refractivity contribution in [1.29, 1.82) is 0 Å². The van der Waals surface area contributed by atoms with Gasteiger partial charge in [0.05, 0.1) is 11.6 Å². The minimum atomic E-state index is -0.690. The van der Waals surface area contributed by atoms with Crippen LogP contribution in [-0.4, -0.2) is 30.4 Å². The van der Waals surface area contributed by atoms with E-state index >= 15 is 0 Å². The van der Waals surface area contributed by atoms with Crippen molar-refractivity contribution >= 4 is 28.2 Å². The lowest BCUT2D eigenvalue weighted by atomic mass is 9.81. The van der Waals surface area contributed by atoms with Crippen molar-refractivity contribution in [3.63, 3.8) is 0 Å². The van der Waals surface area contributed by atoms with Crippen LogP contribution < -0.4 is 5.73 Å². The van der Waals surface area contributed by atoms with E-state index in [1.54, 1.807) is 6.20 Å². The summed E-state index contributed by atoms with van der Waals surface area (Å²) in [6.45, 7) is 0. The van der Waals surface area contributed by atoms with Gasteiger partial charge >= 0.3 is 5.97 Å². The molecule has 2 aliphatic carbocycles. The summed E-state index contributed by atoms with van der Waals surface area (Å²) in [6, 6.07) is 8.63. The predicted octanol–water partition coefficient (Wildman–Crippen LogP) is 4.70. The van der Waals surface area contributed by atoms with Gasteiger partial charge in [0.15, 0.2) is 0 Å². The number of aromatic amines is 1. The average molecular weight is 415 g/mol. The van der Waals surface area contributed by atoms with Crippen LogP contribution in [0.5, 0.6) is 0 Å². The Hall–Kier alpha value is -3.35. The van der Waals surface area contributed by atoms with Crippen LogP contribution in [0.1, 0.15) is 61.7 Å². The second-order valence-corrected chi connectivity index (χ2v) is 9.01. The second-order valence-electron chi connectivity index (χ2n) is 9.01. The van der Waals surface area contributed by atoms with Crippen molar-refractivity contribution in [3.8, 4) is 11.4 Å². The Morgan fingerprint density at radius 1 is 1.13 bits per heavy atom. The van der Waals surface area contributed by atoms with Crippen LogP contribution in [0.4, 0.5) is 5.82 Å². The third-order valence-corrected chi connectivity index (χ3v) is 7.01. The maximum absolute atomic E-state index is 11.4. The van der Waals surface area contributed by atoms with E-state index in [0.717, 1.165) is 35.6 Å². The number of aliphatic carboxylic acids is 1. The molecule has 3 aromatic heterocycles. The van der Waals surface area contributed by atoms with E-state index in [0.29, 0.717) is 24.6 Å². The molecule has 0 saturated heterocycles. The fourth-order valence-corrected chi connectivity index (χ4v) is 5.20. The number of carbonyl (C=O) groups is 1. The molecular weight excluding hydrogens is 390 g/mol. The molecule has 158 valence electrons. The molecular formula is C24H25N5O2. The van der Waals surface area contributed by atoms with E-state index in [2.05, 4.69) is 38.6 Å². The zero-order valence-corrected chi connectivity index (χ0v) is 17.2. The number of nitrogens with zero attached hydrogens (tertiary/aromatic N) is 3. The first kappa shape index (κ1) is 18.4. The minimum Gasteiger partial charge on any atom is -0.481 e. The molecule has 2 fully saturated rings. The number of imidazole rings is 1. The molecule has 0 bridgehead atoms. The van der Waals surface area contributed by atoms with Crippen LogP contribution in [0.2, 0.25) is 0 Å². The number of para-hydroxylation sites is 1. The van der Waals surface area contributed by atoms with Crippen LogP contribution in [0, 0.1) is 5.92 Å². The van der Waals surface area contributed by atoms with Crippen molar-refractivity contribution in [2.75, 3.05) is 5.73 Å². The number of nitrogen functional groups attached to an aromatic ring is 1. The Kier molecular flexibility index (Phi) is 4.06. The van der Waals surface area contributed by atoms with E-state index in [1.165, 1.54) is 29.3 Å². The number of fused-ring (bicyclic) bond motifs is 2. The van der Waals surface area contributed by atoms with Crippen LogP contribution in [0.15, 0.2) is 36.7 Å². The summed E-state index contributed by atoms with van der Waals surface area (Å²) in [6.07, 6.45) is 9.12. The van der Waals surface area contributed by atoms with Gasteiger partial charge in [0.25, 0.3) is 0 Å². The summed E-state index contributed by atoms with van der Waals surface area (Å²) >= 11 is 0. The summed E-state index contributed by atoms with van der Waals surface area (Å²) in [5, 5.41) is 10.5. The molecule has 6 rings (SSSR count). The highest BCUT2D eigenvalue weighted by molar-refractivity contribution is 5.93. The number of aromatic nitrogens is 4. The number of rotatable bonds is 4. The highest BCUT2D eigenvalue weighted by atomic mass is 16.4. The van der Waals surface area contributed by atoms with Crippen molar-refractivity contribution in [2.24, 2.45) is 5.92 Å². The molecule has 0 amide bonds. The number of nitrogens with two attached hydrogens (primary N) is 1. The van der Waals surface area contributed by atoms with Gasteiger partial charge < -0.3 is 15.8 Å². The van der Waals surface area contributed by atoms with E-state index in [4.69, 9.17) is 10.7 Å². The number of hydrogen-bond acceptors (Lipinski definition) is 4. The number of anilines is 1. The van der Waals surface area contributed by atoms with Gasteiger partial charge in [0.2, 0.25) is 0 Å². The standard InChI is InChI=1S/C24H25N5O2/c25-22-21-20(18-12-16-2-1-3-17(13-4-5-13)19(16)27-18)28-23(29(21)11-10-26-22)14-6-8-15(9-7-14)24(30)31/h1-3,10-15,27H,4-9H2,(H2,25,26)(H,30,31)/t14-,15-. The van der Waals surface area contributed by atoms with Gasteiger partial charge in [-0.15, -0.1) is 0 Å². The molecule has 4 N–H and O–H groups in total. The zero-order valence-electron chi connectivity index (χ0n) is 17.2. The predicted molar refractivity (Wildman–Crippen MR) is 119 cm³/mol. The number of carboxylic acid groups (broad SMARTS) is 1. The summed E-state index contributed by atoms with van der Waals surface area (Å²) < 4.78 is 2.05. The highest BCUT2D eigenvalue weighted by Crippen LogP contribution is 2.44. The van der Waals surface area contributed by atoms with Crippen molar-refractivity contribution in [2.45, 2.75) is 50.4 Å². The quantitative estimate of drug-likeness (QED) is 0.448. The van der Waals surface area contributed by atoms with Crippen molar-refractivity contribution in [3.05, 3.63) is 48.0 Å². The van der Waals surface area contributed by atoms with Gasteiger partial charge in [0.1, 0.15) is 22.9 Å². The maximum Gasteiger partial charge on any atom is 0.306 e. The lowest BCUT2D eigenvalue weighted by Crippen LogP contribution is -2.21. The van der Waals surface area contributed by atoms with Crippen LogP contribution >= 0.6 is 0 Å². The van der Waals surface area contributed by atoms with Crippen molar-refractivity contribution < 1.29 is 9.90 Å². The lowest BCUT2D eigenvalue weighted by Gasteiger charge is -2.25. The second kappa shape index (κ2) is 6.83. The molecule has 2 aliphatic rings. The normalized spacial score (nSPS) is 21.7. The van der Waals surface area contributed by atoms with Gasteiger partial charge in [0, 0.05) is 29.2 Å². The number of H-pyrrole nitrogens is 1. The molecule has 0 aliphatic heterocycles. The summed E-state index contributed by atoms with van der Waals surface area (Å²) in [4.78, 5) is 24.4. The van der Waals surface area contributed by atoms with Gasteiger partial charge in [-0.1, -0.05) is 18.2 Å². The lowest BCUT2D eigenvalue weighted by molar-refractivity contribution is -0.142. The summed E-state index contributed by atoms with van der Waals surface area (Å²) in [7, 11) is 0. The fraction of sp³-hybridized carbons (Fsp3) is 0.375. The number of hydrogen-bond donors (Lipinski definition) is 3. The molecule has 2 saturated carbocycles.